The summed E-state index contributed by atoms with van der Waals surface area (Å²) in [5.74, 6) is 2.45. The molecule has 1 aliphatic rings. The molecule has 7 heteroatoms. The molecule has 0 unspecified atom stereocenters. The van der Waals surface area contributed by atoms with Crippen molar-refractivity contribution >= 4 is 17.3 Å². The Morgan fingerprint density at radius 3 is 2.17 bits per heavy atom. The van der Waals surface area contributed by atoms with Crippen LogP contribution in [0.2, 0.25) is 0 Å². The van der Waals surface area contributed by atoms with Gasteiger partial charge in [0, 0.05) is 50.9 Å². The predicted molar refractivity (Wildman–Crippen MR) is 114 cm³/mol. The number of anilines is 2. The number of methoxy groups -OCH3 is 3. The van der Waals surface area contributed by atoms with Gasteiger partial charge in [0.1, 0.15) is 17.2 Å². The van der Waals surface area contributed by atoms with Crippen LogP contribution in [0, 0.1) is 0 Å². The van der Waals surface area contributed by atoms with Gasteiger partial charge in [0.05, 0.1) is 27.0 Å². The molecule has 1 amide bonds. The minimum absolute atomic E-state index is 0.166. The molecule has 7 nitrogen and oxygen atoms in total. The Balaban J connectivity index is 1.45. The quantitative estimate of drug-likeness (QED) is 0.737. The van der Waals surface area contributed by atoms with Gasteiger partial charge in [-0.05, 0) is 36.4 Å². The molecule has 0 spiro atoms. The van der Waals surface area contributed by atoms with Crippen molar-refractivity contribution < 1.29 is 19.0 Å². The second kappa shape index (κ2) is 9.91. The maximum absolute atomic E-state index is 12.6. The van der Waals surface area contributed by atoms with E-state index in [-0.39, 0.29) is 5.91 Å². The van der Waals surface area contributed by atoms with Crippen LogP contribution in [0.15, 0.2) is 42.5 Å². The van der Waals surface area contributed by atoms with Gasteiger partial charge in [-0.25, -0.2) is 0 Å². The van der Waals surface area contributed by atoms with Crippen LogP contribution in [0.4, 0.5) is 11.4 Å². The number of carbonyl (C=O) groups is 1. The smallest absolute Gasteiger partial charge is 0.224 e. The molecule has 1 heterocycles. The van der Waals surface area contributed by atoms with E-state index in [9.17, 15) is 4.79 Å². The van der Waals surface area contributed by atoms with E-state index < -0.39 is 0 Å². The van der Waals surface area contributed by atoms with Crippen LogP contribution in [-0.2, 0) is 4.79 Å². The second-order valence-corrected chi connectivity index (χ2v) is 6.81. The Kier molecular flexibility index (Phi) is 7.05. The third-order valence-electron chi connectivity index (χ3n) is 5.13. The van der Waals surface area contributed by atoms with Gasteiger partial charge in [-0.15, -0.1) is 0 Å². The first-order valence-corrected chi connectivity index (χ1v) is 9.77. The number of amides is 1. The third-order valence-corrected chi connectivity index (χ3v) is 5.13. The number of carbonyl (C=O) groups excluding carboxylic acids is 1. The van der Waals surface area contributed by atoms with Gasteiger partial charge in [-0.1, -0.05) is 0 Å². The highest BCUT2D eigenvalue weighted by Crippen LogP contribution is 2.29. The fourth-order valence-corrected chi connectivity index (χ4v) is 3.41. The highest BCUT2D eigenvalue weighted by Gasteiger charge is 2.21. The van der Waals surface area contributed by atoms with E-state index in [1.807, 2.05) is 35.2 Å². The number of ether oxygens (including phenoxy) is 3. The summed E-state index contributed by atoms with van der Waals surface area (Å²) < 4.78 is 15.8. The van der Waals surface area contributed by atoms with Gasteiger partial charge in [0.15, 0.2) is 0 Å². The average molecular weight is 399 g/mol. The van der Waals surface area contributed by atoms with Crippen molar-refractivity contribution in [3.05, 3.63) is 42.5 Å². The number of hydrogen-bond donors (Lipinski definition) is 1. The average Bonchev–Trinajstić information content (AvgIpc) is 2.79. The molecule has 0 radical (unpaired) electrons. The van der Waals surface area contributed by atoms with Gasteiger partial charge < -0.3 is 29.3 Å². The van der Waals surface area contributed by atoms with Gasteiger partial charge in [0.25, 0.3) is 0 Å². The van der Waals surface area contributed by atoms with Crippen LogP contribution in [0.5, 0.6) is 17.2 Å². The number of piperazine rings is 1. The zero-order valence-electron chi connectivity index (χ0n) is 17.3. The Morgan fingerprint density at radius 1 is 0.897 bits per heavy atom. The lowest BCUT2D eigenvalue weighted by Gasteiger charge is -2.36. The molecule has 1 aliphatic heterocycles. The molecule has 0 aliphatic carbocycles. The molecule has 0 saturated carbocycles. The van der Waals surface area contributed by atoms with E-state index in [2.05, 4.69) is 22.3 Å². The van der Waals surface area contributed by atoms with Crippen LogP contribution in [-0.4, -0.2) is 64.9 Å². The first-order valence-electron chi connectivity index (χ1n) is 9.77. The van der Waals surface area contributed by atoms with E-state index in [0.717, 1.165) is 49.1 Å². The highest BCUT2D eigenvalue weighted by atomic mass is 16.5. The Hall–Kier alpha value is -3.09. The Labute approximate surface area is 172 Å². The van der Waals surface area contributed by atoms with Gasteiger partial charge in [-0.3, -0.25) is 4.79 Å². The van der Waals surface area contributed by atoms with Crippen molar-refractivity contribution in [2.45, 2.75) is 6.42 Å². The zero-order valence-corrected chi connectivity index (χ0v) is 17.3. The molecular weight excluding hydrogens is 370 g/mol. The molecular formula is C22H29N3O4. The minimum Gasteiger partial charge on any atom is -0.497 e. The fraction of sp³-hybridized carbons (Fsp3) is 0.409. The first-order chi connectivity index (χ1) is 14.1. The molecule has 2 aromatic carbocycles. The van der Waals surface area contributed by atoms with Crippen LogP contribution in [0.3, 0.4) is 0 Å². The summed E-state index contributed by atoms with van der Waals surface area (Å²) in [5, 5.41) is 3.28. The lowest BCUT2D eigenvalue weighted by Crippen LogP contribution is -2.49. The van der Waals surface area contributed by atoms with E-state index >= 15 is 0 Å². The van der Waals surface area contributed by atoms with Crippen LogP contribution in [0.25, 0.3) is 0 Å². The number of nitrogens with one attached hydrogen (secondary N) is 1. The van der Waals surface area contributed by atoms with E-state index in [0.29, 0.717) is 18.7 Å². The molecule has 0 bridgehead atoms. The molecule has 1 N–H and O–H groups in total. The SMILES string of the molecule is COc1ccc(N2CCN(C(=O)CCNc3ccc(OC)cc3OC)CC2)cc1. The van der Waals surface area contributed by atoms with E-state index in [1.165, 1.54) is 0 Å². The summed E-state index contributed by atoms with van der Waals surface area (Å²) in [4.78, 5) is 16.8. The summed E-state index contributed by atoms with van der Waals surface area (Å²) >= 11 is 0. The van der Waals surface area contributed by atoms with Crippen LogP contribution < -0.4 is 24.4 Å². The molecule has 1 saturated heterocycles. The predicted octanol–water partition coefficient (Wildman–Crippen LogP) is 2.86. The standard InChI is InChI=1S/C22H29N3O4/c1-27-18-6-4-17(5-7-18)24-12-14-25(15-13-24)22(26)10-11-23-20-9-8-19(28-2)16-21(20)29-3/h4-9,16,23H,10-15H2,1-3H3. The fourth-order valence-electron chi connectivity index (χ4n) is 3.41. The first kappa shape index (κ1) is 20.6. The zero-order chi connectivity index (χ0) is 20.6. The second-order valence-electron chi connectivity index (χ2n) is 6.81. The van der Waals surface area contributed by atoms with Crippen molar-refractivity contribution in [2.75, 3.05) is 64.3 Å². The summed E-state index contributed by atoms with van der Waals surface area (Å²) in [7, 11) is 4.90. The van der Waals surface area contributed by atoms with Crippen LogP contribution >= 0.6 is 0 Å². The maximum Gasteiger partial charge on any atom is 0.224 e. The topological polar surface area (TPSA) is 63.3 Å². The molecule has 2 aromatic rings. The number of benzene rings is 2. The summed E-state index contributed by atoms with van der Waals surface area (Å²) in [6, 6.07) is 13.6. The van der Waals surface area contributed by atoms with Crippen molar-refractivity contribution in [2.24, 2.45) is 0 Å². The highest BCUT2D eigenvalue weighted by molar-refractivity contribution is 5.77. The number of hydrogen-bond acceptors (Lipinski definition) is 6. The lowest BCUT2D eigenvalue weighted by atomic mass is 10.2. The lowest BCUT2D eigenvalue weighted by molar-refractivity contribution is -0.131. The van der Waals surface area contributed by atoms with Crippen molar-refractivity contribution in [1.82, 2.24) is 4.90 Å². The molecule has 156 valence electrons. The molecule has 0 aromatic heterocycles. The molecule has 0 atom stereocenters. The molecule has 29 heavy (non-hydrogen) atoms. The summed E-state index contributed by atoms with van der Waals surface area (Å²) in [6.45, 7) is 3.68. The van der Waals surface area contributed by atoms with Gasteiger partial charge >= 0.3 is 0 Å². The molecule has 3 rings (SSSR count). The molecule has 1 fully saturated rings. The van der Waals surface area contributed by atoms with Crippen molar-refractivity contribution in [3.8, 4) is 17.2 Å². The Bertz CT molecular complexity index is 802. The number of nitrogens with zero attached hydrogens (tertiary/aromatic N) is 2. The number of rotatable bonds is 8. The van der Waals surface area contributed by atoms with Crippen molar-refractivity contribution in [3.63, 3.8) is 0 Å². The van der Waals surface area contributed by atoms with Gasteiger partial charge in [0.2, 0.25) is 5.91 Å². The summed E-state index contributed by atoms with van der Waals surface area (Å²) in [5.41, 5.74) is 2.01. The normalized spacial score (nSPS) is 13.8. The van der Waals surface area contributed by atoms with Crippen molar-refractivity contribution in [1.29, 1.82) is 0 Å². The monoisotopic (exact) mass is 399 g/mol. The maximum atomic E-state index is 12.6. The summed E-state index contributed by atoms with van der Waals surface area (Å²) in [6.07, 6.45) is 0.442. The van der Waals surface area contributed by atoms with Crippen LogP contribution in [0.1, 0.15) is 6.42 Å². The Morgan fingerprint density at radius 2 is 1.55 bits per heavy atom. The van der Waals surface area contributed by atoms with E-state index in [1.54, 1.807) is 21.3 Å². The third kappa shape index (κ3) is 5.25. The minimum atomic E-state index is 0.166. The largest absolute Gasteiger partial charge is 0.497 e. The van der Waals surface area contributed by atoms with Gasteiger partial charge in [-0.2, -0.15) is 0 Å². The van der Waals surface area contributed by atoms with E-state index in [4.69, 9.17) is 14.2 Å².